The van der Waals surface area contributed by atoms with E-state index >= 15 is 0 Å². The van der Waals surface area contributed by atoms with Gasteiger partial charge in [-0.15, -0.1) is 0 Å². The highest BCUT2D eigenvalue weighted by molar-refractivity contribution is 6.07. The van der Waals surface area contributed by atoms with Crippen molar-refractivity contribution in [3.63, 3.8) is 0 Å². The lowest BCUT2D eigenvalue weighted by Crippen LogP contribution is -2.41. The molecule has 0 spiro atoms. The average Bonchev–Trinajstić information content (AvgIpc) is 3.22. The summed E-state index contributed by atoms with van der Waals surface area (Å²) in [5, 5.41) is 15.0. The lowest BCUT2D eigenvalue weighted by atomic mass is 9.93. The van der Waals surface area contributed by atoms with Gasteiger partial charge in [-0.1, -0.05) is 6.07 Å². The number of hydrazone groups is 1. The largest absolute Gasteiger partial charge is 0.455 e. The van der Waals surface area contributed by atoms with Crippen LogP contribution in [0.2, 0.25) is 0 Å². The highest BCUT2D eigenvalue weighted by atomic mass is 19.4. The number of hydrogen-bond acceptors (Lipinski definition) is 7. The topological polar surface area (TPSA) is 139 Å². The maximum Gasteiger partial charge on any atom is 0.416 e. The number of alkyl halides is 3. The summed E-state index contributed by atoms with van der Waals surface area (Å²) in [6.07, 6.45) is -2.79. The summed E-state index contributed by atoms with van der Waals surface area (Å²) in [6.45, 7) is 1.64. The molecule has 3 aromatic rings. The van der Waals surface area contributed by atoms with Crippen LogP contribution in [0.3, 0.4) is 0 Å². The molecule has 37 heavy (non-hydrogen) atoms. The molecule has 0 saturated heterocycles. The standard InChI is InChI=1S/C24H20F3N5O5/c1-13-20-18(29-28-16-5-2-4-15(12-16)24(25,26)27)6-3-7-19(20)37-21(13)23(34)31-30-22(33)14-8-10-17(11-9-14)32(35)36/h2,4-5,8-12,28H,3,6-7H2,1H3,(H,30,33)(H,31,34)/b29-18+. The van der Waals surface area contributed by atoms with Crippen molar-refractivity contribution in [1.29, 1.82) is 0 Å². The van der Waals surface area contributed by atoms with Crippen molar-refractivity contribution in [2.75, 3.05) is 5.43 Å². The van der Waals surface area contributed by atoms with Crippen LogP contribution in [0.4, 0.5) is 24.5 Å². The molecule has 3 N–H and O–H groups in total. The van der Waals surface area contributed by atoms with Crippen molar-refractivity contribution in [3.05, 3.63) is 92.4 Å². The molecule has 0 fully saturated rings. The number of anilines is 1. The van der Waals surface area contributed by atoms with Gasteiger partial charge in [0.05, 0.1) is 21.9 Å². The number of hydrogen-bond donors (Lipinski definition) is 3. The summed E-state index contributed by atoms with van der Waals surface area (Å²) in [5.41, 5.74) is 7.94. The Morgan fingerprint density at radius 2 is 1.76 bits per heavy atom. The number of aryl methyl sites for hydroxylation is 1. The summed E-state index contributed by atoms with van der Waals surface area (Å²) in [4.78, 5) is 35.1. The van der Waals surface area contributed by atoms with Gasteiger partial charge in [0.15, 0.2) is 5.76 Å². The summed E-state index contributed by atoms with van der Waals surface area (Å²) in [7, 11) is 0. The Bertz CT molecular complexity index is 1400. The van der Waals surface area contributed by atoms with E-state index < -0.39 is 28.5 Å². The number of fused-ring (bicyclic) bond motifs is 1. The number of nitro groups is 1. The van der Waals surface area contributed by atoms with Crippen LogP contribution in [-0.2, 0) is 12.6 Å². The van der Waals surface area contributed by atoms with E-state index in [0.717, 1.165) is 24.3 Å². The monoisotopic (exact) mass is 515 g/mol. The molecular formula is C24H20F3N5O5. The molecular weight excluding hydrogens is 495 g/mol. The van der Waals surface area contributed by atoms with Crippen molar-refractivity contribution in [2.45, 2.75) is 32.4 Å². The van der Waals surface area contributed by atoms with Crippen LogP contribution in [0.15, 0.2) is 58.0 Å². The molecule has 1 aliphatic rings. The zero-order valence-corrected chi connectivity index (χ0v) is 19.3. The van der Waals surface area contributed by atoms with Crippen LogP contribution in [0.1, 0.15) is 56.2 Å². The fourth-order valence-corrected chi connectivity index (χ4v) is 3.87. The normalized spacial score (nSPS) is 14.1. The van der Waals surface area contributed by atoms with E-state index in [9.17, 15) is 32.9 Å². The third-order valence-electron chi connectivity index (χ3n) is 5.67. The molecule has 0 bridgehead atoms. The van der Waals surface area contributed by atoms with E-state index in [1.807, 2.05) is 0 Å². The summed E-state index contributed by atoms with van der Waals surface area (Å²) in [5.74, 6) is -0.972. The summed E-state index contributed by atoms with van der Waals surface area (Å²) in [6, 6.07) is 9.45. The number of benzene rings is 2. The average molecular weight is 515 g/mol. The lowest BCUT2D eigenvalue weighted by Gasteiger charge is -2.14. The van der Waals surface area contributed by atoms with Crippen LogP contribution in [-0.4, -0.2) is 22.4 Å². The first kappa shape index (κ1) is 25.4. The maximum absolute atomic E-state index is 13.0. The van der Waals surface area contributed by atoms with E-state index in [0.29, 0.717) is 41.9 Å². The SMILES string of the molecule is Cc1c(C(=O)NNC(=O)c2ccc([N+](=O)[O-])cc2)oc2c1/C(=N/Nc1cccc(C(F)(F)F)c1)CCC2. The molecule has 4 rings (SSSR count). The molecule has 1 aromatic heterocycles. The first-order chi connectivity index (χ1) is 17.5. The Morgan fingerprint density at radius 3 is 2.43 bits per heavy atom. The zero-order valence-electron chi connectivity index (χ0n) is 19.3. The van der Waals surface area contributed by atoms with Gasteiger partial charge in [0.2, 0.25) is 0 Å². The minimum absolute atomic E-state index is 0.0531. The van der Waals surface area contributed by atoms with Crippen molar-refractivity contribution >= 4 is 28.9 Å². The second kappa shape index (κ2) is 10.1. The van der Waals surface area contributed by atoms with Gasteiger partial charge in [0.1, 0.15) is 5.76 Å². The minimum atomic E-state index is -4.49. The fraction of sp³-hybridized carbons (Fsp3) is 0.208. The Kier molecular flexibility index (Phi) is 6.96. The second-order valence-electron chi connectivity index (χ2n) is 8.17. The van der Waals surface area contributed by atoms with Crippen LogP contribution >= 0.6 is 0 Å². The number of nitrogens with zero attached hydrogens (tertiary/aromatic N) is 2. The Labute approximate surface area is 207 Å². The number of nitrogens with one attached hydrogen (secondary N) is 3. The predicted octanol–water partition coefficient (Wildman–Crippen LogP) is 4.74. The molecule has 2 amide bonds. The number of carbonyl (C=O) groups excluding carboxylic acids is 2. The molecule has 0 aliphatic heterocycles. The van der Waals surface area contributed by atoms with E-state index in [1.54, 1.807) is 6.92 Å². The number of halogens is 3. The number of rotatable bonds is 5. The van der Waals surface area contributed by atoms with Crippen LogP contribution < -0.4 is 16.3 Å². The van der Waals surface area contributed by atoms with Gasteiger partial charge in [0, 0.05) is 35.2 Å². The molecule has 10 nitrogen and oxygen atoms in total. The molecule has 0 unspecified atom stereocenters. The van der Waals surface area contributed by atoms with Crippen molar-refractivity contribution < 1.29 is 32.1 Å². The lowest BCUT2D eigenvalue weighted by molar-refractivity contribution is -0.384. The molecule has 0 saturated carbocycles. The first-order valence-electron chi connectivity index (χ1n) is 11.0. The number of nitro benzene ring substituents is 1. The minimum Gasteiger partial charge on any atom is -0.455 e. The van der Waals surface area contributed by atoms with Crippen molar-refractivity contribution in [1.82, 2.24) is 10.9 Å². The number of carbonyl (C=O) groups is 2. The van der Waals surface area contributed by atoms with Gasteiger partial charge in [-0.3, -0.25) is 36.0 Å². The zero-order chi connectivity index (χ0) is 26.7. The van der Waals surface area contributed by atoms with Gasteiger partial charge in [-0.2, -0.15) is 18.3 Å². The van der Waals surface area contributed by atoms with Gasteiger partial charge >= 0.3 is 12.1 Å². The van der Waals surface area contributed by atoms with E-state index in [1.165, 1.54) is 24.3 Å². The Hall–Kier alpha value is -4.68. The van der Waals surface area contributed by atoms with Gasteiger partial charge in [0.25, 0.3) is 11.6 Å². The van der Waals surface area contributed by atoms with E-state index in [2.05, 4.69) is 21.4 Å². The third-order valence-corrected chi connectivity index (χ3v) is 5.67. The number of non-ortho nitro benzene ring substituents is 1. The Morgan fingerprint density at radius 1 is 1.05 bits per heavy atom. The molecule has 192 valence electrons. The predicted molar refractivity (Wildman–Crippen MR) is 126 cm³/mol. The Balaban J connectivity index is 1.47. The molecule has 2 aromatic carbocycles. The van der Waals surface area contributed by atoms with Crippen LogP contribution in [0.5, 0.6) is 0 Å². The summed E-state index contributed by atoms with van der Waals surface area (Å²) >= 11 is 0. The fourth-order valence-electron chi connectivity index (χ4n) is 3.87. The molecule has 1 heterocycles. The second-order valence-corrected chi connectivity index (χ2v) is 8.17. The molecule has 1 aliphatic carbocycles. The van der Waals surface area contributed by atoms with Crippen LogP contribution in [0.25, 0.3) is 0 Å². The molecule has 13 heteroatoms. The highest BCUT2D eigenvalue weighted by Crippen LogP contribution is 2.32. The van der Waals surface area contributed by atoms with Gasteiger partial charge in [-0.05, 0) is 50.1 Å². The third kappa shape index (κ3) is 5.60. The number of amides is 2. The van der Waals surface area contributed by atoms with Crippen molar-refractivity contribution in [2.24, 2.45) is 5.10 Å². The van der Waals surface area contributed by atoms with Gasteiger partial charge < -0.3 is 4.42 Å². The molecule has 0 atom stereocenters. The molecule has 0 radical (unpaired) electrons. The van der Waals surface area contributed by atoms with E-state index in [-0.39, 0.29) is 22.7 Å². The summed E-state index contributed by atoms with van der Waals surface area (Å²) < 4.78 is 44.7. The first-order valence-corrected chi connectivity index (χ1v) is 11.0. The maximum atomic E-state index is 13.0. The van der Waals surface area contributed by atoms with Crippen LogP contribution in [0, 0.1) is 17.0 Å². The number of hydrazine groups is 1. The van der Waals surface area contributed by atoms with Crippen molar-refractivity contribution in [3.8, 4) is 0 Å². The number of furan rings is 1. The van der Waals surface area contributed by atoms with E-state index in [4.69, 9.17) is 4.42 Å². The van der Waals surface area contributed by atoms with Gasteiger partial charge in [-0.25, -0.2) is 0 Å². The smallest absolute Gasteiger partial charge is 0.416 e. The highest BCUT2D eigenvalue weighted by Gasteiger charge is 2.31. The quantitative estimate of drug-likeness (QED) is 0.331.